The van der Waals surface area contributed by atoms with Crippen molar-refractivity contribution in [3.05, 3.63) is 53.5 Å². The number of para-hydroxylation sites is 1. The van der Waals surface area contributed by atoms with Crippen molar-refractivity contribution < 1.29 is 17.9 Å². The standard InChI is InChI=1S/C21H24N8O4S/c1-29-7-6-12-9-16(33-2)15(8-13(12)10-29)26-14-4-3-5-17(34(23,31)32)18(14)27-21-19(20(22)30)28-25-11-24-21/h3-5,8-9,11,26H,6-7,10H2,1-2H3,(H2,22,30)(H2,23,31,32)(H,24,25,27). The Labute approximate surface area is 196 Å². The van der Waals surface area contributed by atoms with Gasteiger partial charge in [-0.1, -0.05) is 6.07 Å². The van der Waals surface area contributed by atoms with E-state index >= 15 is 0 Å². The van der Waals surface area contributed by atoms with Crippen molar-refractivity contribution >= 4 is 38.8 Å². The summed E-state index contributed by atoms with van der Waals surface area (Å²) in [5.41, 5.74) is 8.47. The summed E-state index contributed by atoms with van der Waals surface area (Å²) in [5.74, 6) is -0.358. The molecule has 4 rings (SSSR count). The number of methoxy groups -OCH3 is 1. The molecule has 178 valence electrons. The van der Waals surface area contributed by atoms with Crippen LogP contribution >= 0.6 is 0 Å². The van der Waals surface area contributed by atoms with Gasteiger partial charge in [-0.3, -0.25) is 4.79 Å². The van der Waals surface area contributed by atoms with Crippen LogP contribution in [0.25, 0.3) is 0 Å². The molecule has 34 heavy (non-hydrogen) atoms. The number of likely N-dealkylation sites (N-methyl/N-ethyl adjacent to an activating group) is 1. The van der Waals surface area contributed by atoms with Gasteiger partial charge in [-0.05, 0) is 48.9 Å². The van der Waals surface area contributed by atoms with Crippen LogP contribution in [0.2, 0.25) is 0 Å². The first kappa shape index (κ1) is 23.4. The molecule has 1 aliphatic rings. The lowest BCUT2D eigenvalue weighted by Crippen LogP contribution is -2.26. The maximum absolute atomic E-state index is 12.4. The second-order valence-electron chi connectivity index (χ2n) is 7.80. The molecule has 1 aromatic heterocycles. The number of hydrogen-bond donors (Lipinski definition) is 4. The van der Waals surface area contributed by atoms with E-state index in [2.05, 4.69) is 30.7 Å². The zero-order valence-corrected chi connectivity index (χ0v) is 19.4. The van der Waals surface area contributed by atoms with Gasteiger partial charge in [-0.25, -0.2) is 18.5 Å². The van der Waals surface area contributed by atoms with E-state index in [1.54, 1.807) is 19.2 Å². The molecule has 12 nitrogen and oxygen atoms in total. The first-order chi connectivity index (χ1) is 16.2. The summed E-state index contributed by atoms with van der Waals surface area (Å²) in [6.07, 6.45) is 2.00. The van der Waals surface area contributed by atoms with Crippen molar-refractivity contribution in [1.29, 1.82) is 0 Å². The third-order valence-electron chi connectivity index (χ3n) is 5.42. The average molecular weight is 485 g/mol. The molecule has 0 saturated heterocycles. The number of carbonyl (C=O) groups excluding carboxylic acids is 1. The number of benzene rings is 2. The minimum atomic E-state index is -4.16. The fourth-order valence-electron chi connectivity index (χ4n) is 3.79. The molecule has 0 spiro atoms. The molecule has 0 atom stereocenters. The molecule has 1 amide bonds. The fourth-order valence-corrected chi connectivity index (χ4v) is 4.51. The van der Waals surface area contributed by atoms with Gasteiger partial charge in [-0.2, -0.15) is 0 Å². The topological polar surface area (TPSA) is 178 Å². The first-order valence-corrected chi connectivity index (χ1v) is 11.8. The number of sulfonamides is 1. The molecular weight excluding hydrogens is 460 g/mol. The molecule has 0 unspecified atom stereocenters. The SMILES string of the molecule is COc1cc2c(cc1Nc1cccc(S(N)(=O)=O)c1Nc1ncnnc1C(N)=O)CN(C)CC2. The van der Waals surface area contributed by atoms with Crippen LogP contribution in [0.4, 0.5) is 22.9 Å². The van der Waals surface area contributed by atoms with Crippen LogP contribution in [0.5, 0.6) is 5.75 Å². The van der Waals surface area contributed by atoms with Gasteiger partial charge >= 0.3 is 0 Å². The average Bonchev–Trinajstić information content (AvgIpc) is 2.79. The predicted octanol–water partition coefficient (Wildman–Crippen LogP) is 1.10. The Morgan fingerprint density at radius 3 is 2.68 bits per heavy atom. The molecule has 0 radical (unpaired) electrons. The van der Waals surface area contributed by atoms with Crippen LogP contribution in [0, 0.1) is 0 Å². The van der Waals surface area contributed by atoms with Crippen molar-refractivity contribution in [3.63, 3.8) is 0 Å². The number of nitrogens with one attached hydrogen (secondary N) is 2. The second kappa shape index (κ2) is 9.21. The lowest BCUT2D eigenvalue weighted by molar-refractivity contribution is 0.0995. The lowest BCUT2D eigenvalue weighted by Gasteiger charge is -2.27. The van der Waals surface area contributed by atoms with Crippen molar-refractivity contribution in [2.45, 2.75) is 17.9 Å². The van der Waals surface area contributed by atoms with Crippen molar-refractivity contribution in [2.24, 2.45) is 10.9 Å². The Balaban J connectivity index is 1.83. The van der Waals surface area contributed by atoms with Crippen LogP contribution in [0.3, 0.4) is 0 Å². The molecule has 6 N–H and O–H groups in total. The number of primary amides is 1. The summed E-state index contributed by atoms with van der Waals surface area (Å²) in [4.78, 5) is 17.8. The van der Waals surface area contributed by atoms with Gasteiger partial charge in [0, 0.05) is 13.1 Å². The van der Waals surface area contributed by atoms with Crippen molar-refractivity contribution in [3.8, 4) is 5.75 Å². The summed E-state index contributed by atoms with van der Waals surface area (Å²) in [5, 5.41) is 18.8. The molecule has 2 aromatic carbocycles. The van der Waals surface area contributed by atoms with Crippen LogP contribution in [0.15, 0.2) is 41.6 Å². The number of nitrogens with zero attached hydrogens (tertiary/aromatic N) is 4. The van der Waals surface area contributed by atoms with Crippen LogP contribution < -0.4 is 26.2 Å². The largest absolute Gasteiger partial charge is 0.495 e. The highest BCUT2D eigenvalue weighted by Crippen LogP contribution is 2.38. The molecule has 3 aromatic rings. The van der Waals surface area contributed by atoms with E-state index in [4.69, 9.17) is 15.6 Å². The molecule has 1 aliphatic heterocycles. The van der Waals surface area contributed by atoms with Gasteiger partial charge < -0.3 is 26.0 Å². The smallest absolute Gasteiger partial charge is 0.273 e. The number of primary sulfonamides is 1. The van der Waals surface area contributed by atoms with E-state index in [-0.39, 0.29) is 22.1 Å². The summed E-state index contributed by atoms with van der Waals surface area (Å²) in [7, 11) is -0.551. The van der Waals surface area contributed by atoms with Gasteiger partial charge in [0.25, 0.3) is 5.91 Å². The van der Waals surface area contributed by atoms with Crippen molar-refractivity contribution in [1.82, 2.24) is 20.1 Å². The lowest BCUT2D eigenvalue weighted by atomic mass is 9.98. The Hall–Kier alpha value is -3.81. The summed E-state index contributed by atoms with van der Waals surface area (Å²) in [6.45, 7) is 1.72. The second-order valence-corrected chi connectivity index (χ2v) is 9.33. The Kier molecular flexibility index (Phi) is 6.32. The van der Waals surface area contributed by atoms with E-state index in [1.165, 1.54) is 11.6 Å². The molecule has 2 heterocycles. The maximum atomic E-state index is 12.4. The maximum Gasteiger partial charge on any atom is 0.273 e. The number of anilines is 4. The highest BCUT2D eigenvalue weighted by atomic mass is 32.2. The number of hydrogen-bond acceptors (Lipinski definition) is 10. The van der Waals surface area contributed by atoms with Gasteiger partial charge in [0.15, 0.2) is 11.5 Å². The molecule has 0 aliphatic carbocycles. The molecular formula is C21H24N8O4S. The Morgan fingerprint density at radius 1 is 1.18 bits per heavy atom. The molecule has 0 saturated carbocycles. The summed E-state index contributed by atoms with van der Waals surface area (Å²) >= 11 is 0. The number of fused-ring (bicyclic) bond motifs is 1. The van der Waals surface area contributed by atoms with E-state index in [0.717, 1.165) is 31.4 Å². The van der Waals surface area contributed by atoms with Gasteiger partial charge in [0.1, 0.15) is 17.0 Å². The summed E-state index contributed by atoms with van der Waals surface area (Å²) < 4.78 is 30.3. The number of amides is 1. The molecule has 0 bridgehead atoms. The normalized spacial score (nSPS) is 13.7. The zero-order valence-electron chi connectivity index (χ0n) is 18.6. The summed E-state index contributed by atoms with van der Waals surface area (Å²) in [6, 6.07) is 8.47. The third-order valence-corrected chi connectivity index (χ3v) is 6.38. The van der Waals surface area contributed by atoms with Gasteiger partial charge in [-0.15, -0.1) is 10.2 Å². The minimum absolute atomic E-state index is 0.0601. The quantitative estimate of drug-likeness (QED) is 0.379. The highest BCUT2D eigenvalue weighted by Gasteiger charge is 2.23. The fraction of sp³-hybridized carbons (Fsp3) is 0.238. The third kappa shape index (κ3) is 4.76. The van der Waals surface area contributed by atoms with E-state index in [0.29, 0.717) is 17.1 Å². The van der Waals surface area contributed by atoms with E-state index < -0.39 is 15.9 Å². The van der Waals surface area contributed by atoms with Crippen LogP contribution in [-0.2, 0) is 23.0 Å². The molecule has 0 fully saturated rings. The first-order valence-electron chi connectivity index (χ1n) is 10.2. The van der Waals surface area contributed by atoms with E-state index in [1.807, 2.05) is 19.2 Å². The van der Waals surface area contributed by atoms with Gasteiger partial charge in [0.05, 0.1) is 24.2 Å². The van der Waals surface area contributed by atoms with Crippen LogP contribution in [-0.4, -0.2) is 55.1 Å². The monoisotopic (exact) mass is 484 g/mol. The van der Waals surface area contributed by atoms with Crippen molar-refractivity contribution in [2.75, 3.05) is 31.3 Å². The number of carbonyl (C=O) groups is 1. The van der Waals surface area contributed by atoms with Crippen LogP contribution in [0.1, 0.15) is 21.6 Å². The number of nitrogens with two attached hydrogens (primary N) is 2. The number of aromatic nitrogens is 3. The van der Waals surface area contributed by atoms with E-state index in [9.17, 15) is 13.2 Å². The minimum Gasteiger partial charge on any atom is -0.495 e. The zero-order chi connectivity index (χ0) is 24.5. The highest BCUT2D eigenvalue weighted by molar-refractivity contribution is 7.89. The Morgan fingerprint density at radius 2 is 1.97 bits per heavy atom. The van der Waals surface area contributed by atoms with Gasteiger partial charge in [0.2, 0.25) is 10.0 Å². The number of rotatable bonds is 7. The number of ether oxygens (including phenoxy) is 1. The predicted molar refractivity (Wildman–Crippen MR) is 126 cm³/mol. The molecule has 13 heteroatoms. The Bertz CT molecular complexity index is 1360.